The molecule has 0 aromatic carbocycles. The van der Waals surface area contributed by atoms with E-state index in [0.29, 0.717) is 12.0 Å². The van der Waals surface area contributed by atoms with E-state index in [9.17, 15) is 0 Å². The van der Waals surface area contributed by atoms with E-state index in [4.69, 9.17) is 5.73 Å². The monoisotopic (exact) mass is 184 g/mol. The van der Waals surface area contributed by atoms with E-state index in [0.717, 1.165) is 12.6 Å². The number of nitrogens with zero attached hydrogens (tertiary/aromatic N) is 1. The van der Waals surface area contributed by atoms with E-state index in [2.05, 4.69) is 25.7 Å². The Labute approximate surface area is 82.5 Å². The van der Waals surface area contributed by atoms with Gasteiger partial charge in [-0.25, -0.2) is 0 Å². The lowest BCUT2D eigenvalue weighted by atomic mass is 10.0. The number of hydrogen-bond donors (Lipinski definition) is 1. The molecule has 0 amide bonds. The highest BCUT2D eigenvalue weighted by Gasteiger charge is 2.32. The highest BCUT2D eigenvalue weighted by Crippen LogP contribution is 2.30. The molecule has 0 aromatic rings. The van der Waals surface area contributed by atoms with E-state index in [1.807, 2.05) is 0 Å². The zero-order valence-corrected chi connectivity index (χ0v) is 9.29. The van der Waals surface area contributed by atoms with Gasteiger partial charge in [-0.1, -0.05) is 13.8 Å². The predicted octanol–water partition coefficient (Wildman–Crippen LogP) is 1.84. The fourth-order valence-electron chi connectivity index (χ4n) is 1.91. The molecule has 0 aromatic heterocycles. The van der Waals surface area contributed by atoms with Crippen molar-refractivity contribution in [1.29, 1.82) is 0 Å². The molecule has 0 heterocycles. The summed E-state index contributed by atoms with van der Waals surface area (Å²) in [7, 11) is 0. The minimum absolute atomic E-state index is 0.632. The fourth-order valence-corrected chi connectivity index (χ4v) is 1.91. The largest absolute Gasteiger partial charge is 0.330 e. The maximum atomic E-state index is 5.70. The van der Waals surface area contributed by atoms with Gasteiger partial charge in [0.15, 0.2) is 0 Å². The molecule has 2 N–H and O–H groups in total. The van der Waals surface area contributed by atoms with Crippen molar-refractivity contribution in [2.75, 3.05) is 13.1 Å². The van der Waals surface area contributed by atoms with Gasteiger partial charge in [0.2, 0.25) is 0 Å². The Hall–Kier alpha value is -0.0800. The Morgan fingerprint density at radius 3 is 2.38 bits per heavy atom. The average molecular weight is 184 g/mol. The highest BCUT2D eigenvalue weighted by molar-refractivity contribution is 4.88. The standard InChI is InChI=1S/C11H24N2/c1-4-7-13(11-5-6-11)10(3)9(2)8-12/h9-11H,4-8,12H2,1-3H3. The van der Waals surface area contributed by atoms with Gasteiger partial charge in [0.25, 0.3) is 0 Å². The molecule has 2 heteroatoms. The van der Waals surface area contributed by atoms with Crippen LogP contribution >= 0.6 is 0 Å². The number of hydrogen-bond acceptors (Lipinski definition) is 2. The summed E-state index contributed by atoms with van der Waals surface area (Å²) in [5.74, 6) is 0.632. The first-order chi connectivity index (χ1) is 6.20. The molecular formula is C11H24N2. The van der Waals surface area contributed by atoms with E-state index in [-0.39, 0.29) is 0 Å². The Morgan fingerprint density at radius 1 is 1.38 bits per heavy atom. The number of rotatable bonds is 6. The van der Waals surface area contributed by atoms with Crippen molar-refractivity contribution in [3.63, 3.8) is 0 Å². The lowest BCUT2D eigenvalue weighted by Crippen LogP contribution is -2.42. The zero-order chi connectivity index (χ0) is 9.84. The molecule has 0 bridgehead atoms. The molecule has 1 aliphatic carbocycles. The molecule has 1 saturated carbocycles. The molecule has 0 aliphatic heterocycles. The van der Waals surface area contributed by atoms with Crippen LogP contribution in [0.4, 0.5) is 0 Å². The van der Waals surface area contributed by atoms with Crippen molar-refractivity contribution in [3.05, 3.63) is 0 Å². The molecule has 78 valence electrons. The van der Waals surface area contributed by atoms with Crippen molar-refractivity contribution in [3.8, 4) is 0 Å². The highest BCUT2D eigenvalue weighted by atomic mass is 15.2. The smallest absolute Gasteiger partial charge is 0.0107 e. The van der Waals surface area contributed by atoms with Gasteiger partial charge in [-0.3, -0.25) is 4.90 Å². The van der Waals surface area contributed by atoms with Gasteiger partial charge < -0.3 is 5.73 Å². The summed E-state index contributed by atoms with van der Waals surface area (Å²) < 4.78 is 0. The second-order valence-corrected chi connectivity index (χ2v) is 4.42. The van der Waals surface area contributed by atoms with Crippen LogP contribution in [0.3, 0.4) is 0 Å². The molecule has 2 unspecified atom stereocenters. The minimum atomic E-state index is 0.632. The summed E-state index contributed by atoms with van der Waals surface area (Å²) in [6.45, 7) is 8.90. The summed E-state index contributed by atoms with van der Waals surface area (Å²) in [5.41, 5.74) is 5.70. The lowest BCUT2D eigenvalue weighted by molar-refractivity contribution is 0.155. The first-order valence-electron chi connectivity index (χ1n) is 5.66. The number of nitrogens with two attached hydrogens (primary N) is 1. The Bertz CT molecular complexity index is 143. The third-order valence-corrected chi connectivity index (χ3v) is 3.22. The zero-order valence-electron chi connectivity index (χ0n) is 9.29. The van der Waals surface area contributed by atoms with Gasteiger partial charge in [0, 0.05) is 12.1 Å². The lowest BCUT2D eigenvalue weighted by Gasteiger charge is -2.32. The van der Waals surface area contributed by atoms with Gasteiger partial charge in [0.1, 0.15) is 0 Å². The van der Waals surface area contributed by atoms with Gasteiger partial charge >= 0.3 is 0 Å². The molecule has 2 nitrogen and oxygen atoms in total. The van der Waals surface area contributed by atoms with Crippen LogP contribution in [0.2, 0.25) is 0 Å². The second-order valence-electron chi connectivity index (χ2n) is 4.42. The van der Waals surface area contributed by atoms with E-state index in [1.54, 1.807) is 0 Å². The average Bonchev–Trinajstić information content (AvgIpc) is 2.95. The van der Waals surface area contributed by atoms with Crippen LogP contribution in [0.25, 0.3) is 0 Å². The fraction of sp³-hybridized carbons (Fsp3) is 1.00. The topological polar surface area (TPSA) is 29.3 Å². The summed E-state index contributed by atoms with van der Waals surface area (Å²) in [4.78, 5) is 2.65. The summed E-state index contributed by atoms with van der Waals surface area (Å²) in [6, 6.07) is 1.54. The van der Waals surface area contributed by atoms with Crippen molar-refractivity contribution >= 4 is 0 Å². The van der Waals surface area contributed by atoms with Crippen LogP contribution in [0.15, 0.2) is 0 Å². The molecule has 1 fully saturated rings. The molecule has 2 atom stereocenters. The third kappa shape index (κ3) is 2.96. The normalized spacial score (nSPS) is 21.9. The van der Waals surface area contributed by atoms with Gasteiger partial charge in [0.05, 0.1) is 0 Å². The Morgan fingerprint density at radius 2 is 2.00 bits per heavy atom. The molecule has 1 aliphatic rings. The first-order valence-corrected chi connectivity index (χ1v) is 5.66. The quantitative estimate of drug-likeness (QED) is 0.682. The second kappa shape index (κ2) is 4.97. The molecule has 1 rings (SSSR count). The van der Waals surface area contributed by atoms with E-state index >= 15 is 0 Å². The maximum Gasteiger partial charge on any atom is 0.0107 e. The summed E-state index contributed by atoms with van der Waals surface area (Å²) >= 11 is 0. The first kappa shape index (κ1) is 11.0. The van der Waals surface area contributed by atoms with Crippen molar-refractivity contribution in [2.24, 2.45) is 11.7 Å². The third-order valence-electron chi connectivity index (χ3n) is 3.22. The molecular weight excluding hydrogens is 160 g/mol. The van der Waals surface area contributed by atoms with Gasteiger partial charge in [-0.05, 0) is 45.2 Å². The van der Waals surface area contributed by atoms with Crippen molar-refractivity contribution in [2.45, 2.75) is 52.1 Å². The Balaban J connectivity index is 2.42. The van der Waals surface area contributed by atoms with Gasteiger partial charge in [-0.2, -0.15) is 0 Å². The van der Waals surface area contributed by atoms with Gasteiger partial charge in [-0.15, -0.1) is 0 Å². The molecule has 0 saturated heterocycles. The van der Waals surface area contributed by atoms with Crippen LogP contribution in [-0.4, -0.2) is 30.1 Å². The van der Waals surface area contributed by atoms with Crippen LogP contribution in [0, 0.1) is 5.92 Å². The van der Waals surface area contributed by atoms with Crippen LogP contribution in [-0.2, 0) is 0 Å². The van der Waals surface area contributed by atoms with Crippen molar-refractivity contribution in [1.82, 2.24) is 4.90 Å². The van der Waals surface area contributed by atoms with Crippen LogP contribution < -0.4 is 5.73 Å². The molecule has 13 heavy (non-hydrogen) atoms. The van der Waals surface area contributed by atoms with Crippen molar-refractivity contribution < 1.29 is 0 Å². The summed E-state index contributed by atoms with van der Waals surface area (Å²) in [5, 5.41) is 0. The van der Waals surface area contributed by atoms with Crippen LogP contribution in [0.1, 0.15) is 40.0 Å². The maximum absolute atomic E-state index is 5.70. The summed E-state index contributed by atoms with van der Waals surface area (Å²) in [6.07, 6.45) is 4.07. The van der Waals surface area contributed by atoms with E-state index in [1.165, 1.54) is 25.8 Å². The minimum Gasteiger partial charge on any atom is -0.330 e. The predicted molar refractivity (Wildman–Crippen MR) is 57.7 cm³/mol. The Kier molecular flexibility index (Phi) is 4.20. The van der Waals surface area contributed by atoms with Crippen LogP contribution in [0.5, 0.6) is 0 Å². The van der Waals surface area contributed by atoms with E-state index < -0.39 is 0 Å². The SMILES string of the molecule is CCCN(C1CC1)C(C)C(C)CN. The molecule has 0 radical (unpaired) electrons. The molecule has 0 spiro atoms.